The van der Waals surface area contributed by atoms with Gasteiger partial charge in [-0.1, -0.05) is 34.5 Å². The van der Waals surface area contributed by atoms with E-state index in [1.807, 2.05) is 30.0 Å². The van der Waals surface area contributed by atoms with Gasteiger partial charge in [0, 0.05) is 17.9 Å². The minimum Gasteiger partial charge on any atom is -0.496 e. The van der Waals surface area contributed by atoms with Crippen LogP contribution in [-0.2, 0) is 0 Å². The Kier molecular flexibility index (Phi) is 5.08. The van der Waals surface area contributed by atoms with E-state index >= 15 is 0 Å². The third-order valence-corrected chi connectivity index (χ3v) is 4.81. The van der Waals surface area contributed by atoms with Crippen LogP contribution < -0.4 is 4.74 Å². The lowest BCUT2D eigenvalue weighted by Gasteiger charge is -2.33. The molecule has 1 aromatic carbocycles. The van der Waals surface area contributed by atoms with Gasteiger partial charge in [-0.2, -0.15) is 0 Å². The maximum Gasteiger partial charge on any atom is 0.257 e. The van der Waals surface area contributed by atoms with E-state index in [2.05, 4.69) is 22.9 Å². The summed E-state index contributed by atoms with van der Waals surface area (Å²) in [6, 6.07) is 5.75. The number of likely N-dealkylation sites (tertiary alicyclic amines) is 1. The average Bonchev–Trinajstić information content (AvgIpc) is 2.46. The van der Waals surface area contributed by atoms with Gasteiger partial charge in [0.15, 0.2) is 0 Å². The average molecular weight is 340 g/mol. The number of halogens is 1. The number of nitrogens with zero attached hydrogens (tertiary/aromatic N) is 1. The van der Waals surface area contributed by atoms with Crippen LogP contribution in [0.15, 0.2) is 18.2 Å². The SMILES string of the molecule is COc1ccc(C)cc1C(=O)N1CCC(C(C)Br)CC1. The Bertz CT molecular complexity index is 479. The molecule has 3 nitrogen and oxygen atoms in total. The summed E-state index contributed by atoms with van der Waals surface area (Å²) in [5.41, 5.74) is 1.76. The van der Waals surface area contributed by atoms with E-state index in [4.69, 9.17) is 4.74 Å². The summed E-state index contributed by atoms with van der Waals surface area (Å²) in [5, 5.41) is 0. The molecule has 0 N–H and O–H groups in total. The number of piperidine rings is 1. The van der Waals surface area contributed by atoms with Crippen molar-refractivity contribution < 1.29 is 9.53 Å². The first-order chi connectivity index (χ1) is 9.52. The van der Waals surface area contributed by atoms with E-state index in [0.29, 0.717) is 22.1 Å². The summed E-state index contributed by atoms with van der Waals surface area (Å²) in [5.74, 6) is 1.42. The molecular weight excluding hydrogens is 318 g/mol. The van der Waals surface area contributed by atoms with Gasteiger partial charge in [-0.15, -0.1) is 0 Å². The largest absolute Gasteiger partial charge is 0.496 e. The molecule has 1 amide bonds. The zero-order valence-electron chi connectivity index (χ0n) is 12.4. The van der Waals surface area contributed by atoms with Crippen molar-refractivity contribution in [1.29, 1.82) is 0 Å². The molecule has 0 spiro atoms. The van der Waals surface area contributed by atoms with Crippen molar-refractivity contribution in [3.05, 3.63) is 29.3 Å². The first-order valence-corrected chi connectivity index (χ1v) is 8.02. The molecule has 1 saturated heterocycles. The Morgan fingerprint density at radius 1 is 1.40 bits per heavy atom. The first-order valence-electron chi connectivity index (χ1n) is 7.11. The molecule has 0 radical (unpaired) electrons. The van der Waals surface area contributed by atoms with Gasteiger partial charge >= 0.3 is 0 Å². The van der Waals surface area contributed by atoms with Crippen LogP contribution in [0, 0.1) is 12.8 Å². The highest BCUT2D eigenvalue weighted by molar-refractivity contribution is 9.09. The number of hydrogen-bond donors (Lipinski definition) is 0. The fourth-order valence-corrected chi connectivity index (χ4v) is 3.25. The number of hydrogen-bond acceptors (Lipinski definition) is 2. The second-order valence-electron chi connectivity index (χ2n) is 5.51. The molecule has 1 heterocycles. The molecule has 4 heteroatoms. The molecule has 1 aromatic rings. The number of rotatable bonds is 3. The Labute approximate surface area is 129 Å². The lowest BCUT2D eigenvalue weighted by molar-refractivity contribution is 0.0688. The third kappa shape index (κ3) is 3.35. The van der Waals surface area contributed by atoms with E-state index in [1.54, 1.807) is 7.11 Å². The minimum atomic E-state index is 0.0891. The number of carbonyl (C=O) groups is 1. The summed E-state index contributed by atoms with van der Waals surface area (Å²) < 4.78 is 5.32. The van der Waals surface area contributed by atoms with E-state index in [0.717, 1.165) is 31.5 Å². The second-order valence-corrected chi connectivity index (χ2v) is 6.96. The predicted molar refractivity (Wildman–Crippen MR) is 84.7 cm³/mol. The number of amides is 1. The summed E-state index contributed by atoms with van der Waals surface area (Å²) in [6.07, 6.45) is 2.12. The quantitative estimate of drug-likeness (QED) is 0.787. The molecule has 0 aromatic heterocycles. The number of carbonyl (C=O) groups excluding carboxylic acids is 1. The van der Waals surface area contributed by atoms with Crippen LogP contribution in [0.5, 0.6) is 5.75 Å². The van der Waals surface area contributed by atoms with Crippen LogP contribution in [-0.4, -0.2) is 35.8 Å². The van der Waals surface area contributed by atoms with E-state index in [-0.39, 0.29) is 5.91 Å². The van der Waals surface area contributed by atoms with Crippen molar-refractivity contribution >= 4 is 21.8 Å². The fourth-order valence-electron chi connectivity index (χ4n) is 2.72. The van der Waals surface area contributed by atoms with Crippen LogP contribution in [0.1, 0.15) is 35.7 Å². The van der Waals surface area contributed by atoms with Gasteiger partial charge in [-0.05, 0) is 37.8 Å². The van der Waals surface area contributed by atoms with E-state index in [9.17, 15) is 4.79 Å². The smallest absolute Gasteiger partial charge is 0.257 e. The van der Waals surface area contributed by atoms with Crippen molar-refractivity contribution in [1.82, 2.24) is 4.90 Å². The van der Waals surface area contributed by atoms with Crippen molar-refractivity contribution in [3.63, 3.8) is 0 Å². The van der Waals surface area contributed by atoms with Crippen LogP contribution in [0.3, 0.4) is 0 Å². The van der Waals surface area contributed by atoms with Gasteiger partial charge in [-0.25, -0.2) is 0 Å². The highest BCUT2D eigenvalue weighted by atomic mass is 79.9. The zero-order valence-corrected chi connectivity index (χ0v) is 13.9. The molecule has 1 atom stereocenters. The van der Waals surface area contributed by atoms with E-state index < -0.39 is 0 Å². The van der Waals surface area contributed by atoms with Crippen LogP contribution in [0.4, 0.5) is 0 Å². The van der Waals surface area contributed by atoms with Gasteiger partial charge in [0.25, 0.3) is 5.91 Å². The molecule has 0 aliphatic carbocycles. The molecule has 20 heavy (non-hydrogen) atoms. The standard InChI is InChI=1S/C16H22BrNO2/c1-11-4-5-15(20-3)14(10-11)16(19)18-8-6-13(7-9-18)12(2)17/h4-5,10,12-13H,6-9H2,1-3H3. The van der Waals surface area contributed by atoms with Crippen molar-refractivity contribution in [2.45, 2.75) is 31.5 Å². The monoisotopic (exact) mass is 339 g/mol. The molecule has 0 bridgehead atoms. The Balaban J connectivity index is 2.11. The van der Waals surface area contributed by atoms with Crippen LogP contribution in [0.2, 0.25) is 0 Å². The zero-order chi connectivity index (χ0) is 14.7. The number of methoxy groups -OCH3 is 1. The summed E-state index contributed by atoms with van der Waals surface area (Å²) >= 11 is 3.65. The number of benzene rings is 1. The molecule has 1 aliphatic rings. The van der Waals surface area contributed by atoms with Crippen LogP contribution in [0.25, 0.3) is 0 Å². The Hall–Kier alpha value is -1.03. The van der Waals surface area contributed by atoms with E-state index in [1.165, 1.54) is 0 Å². The van der Waals surface area contributed by atoms with Gasteiger partial charge < -0.3 is 9.64 Å². The molecule has 110 valence electrons. The number of ether oxygens (including phenoxy) is 1. The summed E-state index contributed by atoms with van der Waals surface area (Å²) in [6.45, 7) is 5.84. The van der Waals surface area contributed by atoms with Gasteiger partial charge in [0.05, 0.1) is 12.7 Å². The maximum absolute atomic E-state index is 12.6. The van der Waals surface area contributed by atoms with Gasteiger partial charge in [-0.3, -0.25) is 4.79 Å². The summed E-state index contributed by atoms with van der Waals surface area (Å²) in [4.78, 5) is 15.1. The molecule has 1 aliphatic heterocycles. The Morgan fingerprint density at radius 2 is 2.05 bits per heavy atom. The lowest BCUT2D eigenvalue weighted by atomic mass is 9.94. The second kappa shape index (κ2) is 6.61. The molecule has 1 fully saturated rings. The fraction of sp³-hybridized carbons (Fsp3) is 0.562. The van der Waals surface area contributed by atoms with Crippen molar-refractivity contribution in [2.24, 2.45) is 5.92 Å². The summed E-state index contributed by atoms with van der Waals surface area (Å²) in [7, 11) is 1.61. The number of aryl methyl sites for hydroxylation is 1. The first kappa shape index (κ1) is 15.4. The Morgan fingerprint density at radius 3 is 2.60 bits per heavy atom. The highest BCUT2D eigenvalue weighted by Gasteiger charge is 2.27. The minimum absolute atomic E-state index is 0.0891. The van der Waals surface area contributed by atoms with Gasteiger partial charge in [0.2, 0.25) is 0 Å². The number of alkyl halides is 1. The maximum atomic E-state index is 12.6. The third-order valence-electron chi connectivity index (χ3n) is 4.06. The van der Waals surface area contributed by atoms with Crippen LogP contribution >= 0.6 is 15.9 Å². The van der Waals surface area contributed by atoms with Crippen molar-refractivity contribution in [3.8, 4) is 5.75 Å². The van der Waals surface area contributed by atoms with Crippen molar-refractivity contribution in [2.75, 3.05) is 20.2 Å². The highest BCUT2D eigenvalue weighted by Crippen LogP contribution is 2.28. The molecule has 2 rings (SSSR count). The molecule has 0 saturated carbocycles. The predicted octanol–water partition coefficient (Wildman–Crippen LogP) is 3.64. The molecule has 1 unspecified atom stereocenters. The van der Waals surface area contributed by atoms with Gasteiger partial charge in [0.1, 0.15) is 5.75 Å². The topological polar surface area (TPSA) is 29.5 Å². The lowest BCUT2D eigenvalue weighted by Crippen LogP contribution is -2.40. The molecular formula is C16H22BrNO2. The normalized spacial score (nSPS) is 17.9.